The lowest BCUT2D eigenvalue weighted by atomic mass is 9.85. The summed E-state index contributed by atoms with van der Waals surface area (Å²) >= 11 is 0. The average Bonchev–Trinajstić information content (AvgIpc) is 2.81. The van der Waals surface area contributed by atoms with Crippen molar-refractivity contribution < 1.29 is 31.9 Å². The Morgan fingerprint density at radius 1 is 0.971 bits per heavy atom. The van der Waals surface area contributed by atoms with Crippen molar-refractivity contribution in [1.29, 1.82) is 0 Å². The van der Waals surface area contributed by atoms with Crippen LogP contribution in [0.2, 0.25) is 0 Å². The molecular formula is C23H20F2N4O5S. The summed E-state index contributed by atoms with van der Waals surface area (Å²) in [6.07, 6.45) is 0. The first-order valence-corrected chi connectivity index (χ1v) is 11.4. The number of carbonyl (C=O) groups excluding carboxylic acids is 1. The summed E-state index contributed by atoms with van der Waals surface area (Å²) in [5.41, 5.74) is 10.4. The van der Waals surface area contributed by atoms with E-state index >= 15 is 8.78 Å². The molecule has 0 bridgehead atoms. The Morgan fingerprint density at radius 3 is 1.97 bits per heavy atom. The van der Waals surface area contributed by atoms with Crippen LogP contribution in [0, 0.1) is 11.6 Å². The smallest absolute Gasteiger partial charge is 0.338 e. The van der Waals surface area contributed by atoms with Crippen LogP contribution in [0.3, 0.4) is 0 Å². The molecule has 1 unspecified atom stereocenters. The molecule has 0 aliphatic carbocycles. The number of halogens is 2. The van der Waals surface area contributed by atoms with Crippen molar-refractivity contribution >= 4 is 33.2 Å². The molecule has 0 heterocycles. The number of urea groups is 1. The van der Waals surface area contributed by atoms with E-state index in [1.54, 1.807) is 6.07 Å². The number of amides is 2. The molecule has 3 rings (SSSR count). The van der Waals surface area contributed by atoms with Crippen LogP contribution in [0.15, 0.2) is 75.4 Å². The molecule has 0 saturated heterocycles. The van der Waals surface area contributed by atoms with E-state index in [1.165, 1.54) is 42.5 Å². The summed E-state index contributed by atoms with van der Waals surface area (Å²) < 4.78 is 58.4. The molecule has 7 N–H and O–H groups in total. The number of aliphatic imine (C=N–C) groups is 1. The van der Waals surface area contributed by atoms with Crippen molar-refractivity contribution in [2.24, 2.45) is 16.5 Å². The fraction of sp³-hybridized carbons (Fsp3) is 0.0870. The second kappa shape index (κ2) is 9.24. The van der Waals surface area contributed by atoms with Crippen LogP contribution in [-0.2, 0) is 14.6 Å². The average molecular weight is 502 g/mol. The Bertz CT molecular complexity index is 1460. The Kier molecular flexibility index (Phi) is 6.72. The van der Waals surface area contributed by atoms with Gasteiger partial charge in [0.05, 0.1) is 10.6 Å². The molecule has 9 nitrogen and oxygen atoms in total. The molecule has 0 radical (unpaired) electrons. The van der Waals surface area contributed by atoms with Gasteiger partial charge in [-0.25, -0.2) is 26.8 Å². The predicted octanol–water partition coefficient (Wildman–Crippen LogP) is 2.72. The van der Waals surface area contributed by atoms with E-state index in [1.807, 2.05) is 0 Å². The quantitative estimate of drug-likeness (QED) is 0.227. The highest BCUT2D eigenvalue weighted by Crippen LogP contribution is 2.41. The molecule has 12 heteroatoms. The maximum Gasteiger partial charge on any atom is 0.338 e. The first-order chi connectivity index (χ1) is 16.3. The van der Waals surface area contributed by atoms with Crippen molar-refractivity contribution in [1.82, 2.24) is 0 Å². The Balaban J connectivity index is 2.68. The molecule has 0 aliphatic rings. The Hall–Kier alpha value is -4.16. The molecule has 3 aromatic carbocycles. The van der Waals surface area contributed by atoms with Gasteiger partial charge in [0.15, 0.2) is 17.2 Å². The van der Waals surface area contributed by atoms with Gasteiger partial charge in [0, 0.05) is 11.1 Å². The standard InChI is InChI=1S/C23H20F2N4O5S/c1-23(28,21(30)31)20(29-22(27)32)15-14(12-8-4-2-5-9-12)16(24)18(26)17(25)19(15)35(33,34)13-10-6-3-7-11-13/h2-11H,26,28H2,1H3,(H2,27,32)(H,30,31). The SMILES string of the molecule is CC(N)(C(=O)O)C(=NC(N)=O)c1c(-c2ccccc2)c(F)c(N)c(F)c1S(=O)(=O)c1ccccc1. The summed E-state index contributed by atoms with van der Waals surface area (Å²) in [6.45, 7) is 0.872. The van der Waals surface area contributed by atoms with Crippen molar-refractivity contribution in [3.05, 3.63) is 77.9 Å². The molecule has 2 amide bonds. The topological polar surface area (TPSA) is 179 Å². The summed E-state index contributed by atoms with van der Waals surface area (Å²) in [7, 11) is -4.84. The number of carboxylic acid groups (broad SMARTS) is 1. The largest absolute Gasteiger partial charge is 0.480 e. The number of nitrogens with zero attached hydrogens (tertiary/aromatic N) is 1. The van der Waals surface area contributed by atoms with Gasteiger partial charge in [-0.05, 0) is 24.6 Å². The number of carbonyl (C=O) groups is 2. The molecule has 0 aliphatic heterocycles. The zero-order valence-corrected chi connectivity index (χ0v) is 19.0. The van der Waals surface area contributed by atoms with Gasteiger partial charge < -0.3 is 22.3 Å². The molecule has 1 atom stereocenters. The van der Waals surface area contributed by atoms with Gasteiger partial charge in [-0.1, -0.05) is 48.5 Å². The highest BCUT2D eigenvalue weighted by Gasteiger charge is 2.43. The van der Waals surface area contributed by atoms with Crippen LogP contribution >= 0.6 is 0 Å². The van der Waals surface area contributed by atoms with Gasteiger partial charge in [0.2, 0.25) is 9.84 Å². The molecule has 35 heavy (non-hydrogen) atoms. The van der Waals surface area contributed by atoms with Crippen LogP contribution < -0.4 is 17.2 Å². The summed E-state index contributed by atoms with van der Waals surface area (Å²) in [5, 5.41) is 9.73. The zero-order valence-electron chi connectivity index (χ0n) is 18.2. The van der Waals surface area contributed by atoms with E-state index in [9.17, 15) is 23.1 Å². The fourth-order valence-electron chi connectivity index (χ4n) is 3.40. The fourth-order valence-corrected chi connectivity index (χ4v) is 4.97. The van der Waals surface area contributed by atoms with E-state index in [0.29, 0.717) is 0 Å². The van der Waals surface area contributed by atoms with E-state index in [2.05, 4.69) is 4.99 Å². The number of rotatable bonds is 6. The number of anilines is 1. The van der Waals surface area contributed by atoms with E-state index < -0.39 is 71.3 Å². The monoisotopic (exact) mass is 502 g/mol. The highest BCUT2D eigenvalue weighted by atomic mass is 32.2. The van der Waals surface area contributed by atoms with E-state index in [0.717, 1.165) is 19.1 Å². The van der Waals surface area contributed by atoms with Crippen LogP contribution in [0.1, 0.15) is 12.5 Å². The lowest BCUT2D eigenvalue weighted by molar-refractivity contribution is -0.140. The normalized spacial score (nSPS) is 13.8. The Morgan fingerprint density at radius 2 is 1.49 bits per heavy atom. The van der Waals surface area contributed by atoms with Crippen molar-refractivity contribution in [2.45, 2.75) is 22.3 Å². The van der Waals surface area contributed by atoms with Gasteiger partial charge in [-0.3, -0.25) is 0 Å². The predicted molar refractivity (Wildman–Crippen MR) is 124 cm³/mol. The number of benzene rings is 3. The van der Waals surface area contributed by atoms with Crippen molar-refractivity contribution in [3.8, 4) is 11.1 Å². The third-order valence-corrected chi connectivity index (χ3v) is 6.96. The van der Waals surface area contributed by atoms with Gasteiger partial charge in [-0.15, -0.1) is 0 Å². The number of aliphatic carboxylic acids is 1. The Labute approximate surface area is 198 Å². The minimum Gasteiger partial charge on any atom is -0.480 e. The minimum atomic E-state index is -4.84. The van der Waals surface area contributed by atoms with E-state index in [4.69, 9.17) is 17.2 Å². The van der Waals surface area contributed by atoms with Crippen LogP contribution in [-0.4, -0.2) is 36.8 Å². The molecule has 0 spiro atoms. The van der Waals surface area contributed by atoms with Gasteiger partial charge >= 0.3 is 12.0 Å². The molecule has 0 aromatic heterocycles. The number of sulfone groups is 1. The van der Waals surface area contributed by atoms with Crippen molar-refractivity contribution in [2.75, 3.05) is 5.73 Å². The van der Waals surface area contributed by atoms with Crippen LogP contribution in [0.25, 0.3) is 11.1 Å². The molecule has 0 saturated carbocycles. The third kappa shape index (κ3) is 4.48. The van der Waals surface area contributed by atoms with E-state index in [-0.39, 0.29) is 5.56 Å². The summed E-state index contributed by atoms with van der Waals surface area (Å²) in [6, 6.07) is 12.2. The van der Waals surface area contributed by atoms with Crippen LogP contribution in [0.5, 0.6) is 0 Å². The van der Waals surface area contributed by atoms with Gasteiger partial charge in [-0.2, -0.15) is 4.99 Å². The molecule has 0 fully saturated rings. The minimum absolute atomic E-state index is 0.0189. The van der Waals surface area contributed by atoms with Gasteiger partial charge in [0.25, 0.3) is 0 Å². The molecular weight excluding hydrogens is 482 g/mol. The lowest BCUT2D eigenvalue weighted by Gasteiger charge is -2.27. The van der Waals surface area contributed by atoms with Gasteiger partial charge in [0.1, 0.15) is 10.6 Å². The van der Waals surface area contributed by atoms with Crippen molar-refractivity contribution in [3.63, 3.8) is 0 Å². The number of hydrogen-bond acceptors (Lipinski definition) is 6. The third-order valence-electron chi connectivity index (χ3n) is 5.15. The second-order valence-corrected chi connectivity index (χ2v) is 9.50. The highest BCUT2D eigenvalue weighted by molar-refractivity contribution is 7.91. The molecule has 182 valence electrons. The van der Waals surface area contributed by atoms with Crippen LogP contribution in [0.4, 0.5) is 19.3 Å². The number of hydrogen-bond donors (Lipinski definition) is 4. The maximum absolute atomic E-state index is 15.6. The summed E-state index contributed by atoms with van der Waals surface area (Å²) in [4.78, 5) is 25.6. The first-order valence-electron chi connectivity index (χ1n) is 9.89. The number of primary amides is 1. The maximum atomic E-state index is 15.6. The molecule has 3 aromatic rings. The number of carboxylic acids is 1. The first kappa shape index (κ1) is 25.5. The summed E-state index contributed by atoms with van der Waals surface area (Å²) in [5.74, 6) is -4.90. The zero-order chi connectivity index (χ0) is 26.1. The second-order valence-electron chi connectivity index (χ2n) is 7.61. The lowest BCUT2D eigenvalue weighted by Crippen LogP contribution is -2.53. The number of nitrogen functional groups attached to an aromatic ring is 1. The number of nitrogens with two attached hydrogens (primary N) is 3.